The second kappa shape index (κ2) is 6.46. The number of rotatable bonds is 4. The Hall–Kier alpha value is -0.570. The molecule has 2 rings (SSSR count). The van der Waals surface area contributed by atoms with Gasteiger partial charge in [-0.1, -0.05) is 34.1 Å². The van der Waals surface area contributed by atoms with Gasteiger partial charge >= 0.3 is 0 Å². The van der Waals surface area contributed by atoms with Gasteiger partial charge in [-0.15, -0.1) is 0 Å². The van der Waals surface area contributed by atoms with Crippen molar-refractivity contribution in [3.05, 3.63) is 0 Å². The van der Waals surface area contributed by atoms with Crippen LogP contribution in [0.5, 0.6) is 0 Å². The van der Waals surface area contributed by atoms with Crippen molar-refractivity contribution >= 4 is 5.91 Å². The van der Waals surface area contributed by atoms with Gasteiger partial charge in [-0.3, -0.25) is 4.79 Å². The van der Waals surface area contributed by atoms with E-state index in [4.69, 9.17) is 0 Å². The quantitative estimate of drug-likeness (QED) is 0.831. The Bertz CT molecular complexity index is 332. The number of amides is 1. The van der Waals surface area contributed by atoms with E-state index in [0.29, 0.717) is 17.4 Å². The predicted octanol–water partition coefficient (Wildman–Crippen LogP) is 2.95. The zero-order chi connectivity index (χ0) is 14.8. The van der Waals surface area contributed by atoms with Crippen molar-refractivity contribution in [2.75, 3.05) is 13.1 Å². The van der Waals surface area contributed by atoms with Gasteiger partial charge < -0.3 is 10.6 Å². The molecule has 1 aliphatic heterocycles. The van der Waals surface area contributed by atoms with Crippen LogP contribution in [0.25, 0.3) is 0 Å². The Morgan fingerprint density at radius 3 is 2.35 bits per heavy atom. The van der Waals surface area contributed by atoms with E-state index >= 15 is 0 Å². The lowest BCUT2D eigenvalue weighted by atomic mass is 9.69. The molecule has 2 atom stereocenters. The summed E-state index contributed by atoms with van der Waals surface area (Å²) in [7, 11) is 0. The van der Waals surface area contributed by atoms with E-state index in [-0.39, 0.29) is 11.8 Å². The van der Waals surface area contributed by atoms with Crippen LogP contribution < -0.4 is 10.6 Å². The Morgan fingerprint density at radius 2 is 1.85 bits per heavy atom. The van der Waals surface area contributed by atoms with Gasteiger partial charge in [0, 0.05) is 12.6 Å². The molecule has 0 unspecified atom stereocenters. The van der Waals surface area contributed by atoms with Crippen LogP contribution in [0.3, 0.4) is 0 Å². The van der Waals surface area contributed by atoms with Crippen LogP contribution in [-0.4, -0.2) is 25.0 Å². The number of hydrogen-bond acceptors (Lipinski definition) is 2. The molecule has 3 nitrogen and oxygen atoms in total. The zero-order valence-corrected chi connectivity index (χ0v) is 13.7. The molecule has 0 aromatic heterocycles. The van der Waals surface area contributed by atoms with Crippen LogP contribution in [0.2, 0.25) is 0 Å². The third-order valence-corrected chi connectivity index (χ3v) is 5.94. The first-order valence-electron chi connectivity index (χ1n) is 8.45. The summed E-state index contributed by atoms with van der Waals surface area (Å²) in [4.78, 5) is 12.3. The fourth-order valence-electron chi connectivity index (χ4n) is 3.78. The first-order chi connectivity index (χ1) is 9.44. The van der Waals surface area contributed by atoms with Crippen molar-refractivity contribution in [1.29, 1.82) is 0 Å². The minimum Gasteiger partial charge on any atom is -0.353 e. The highest BCUT2D eigenvalue weighted by Crippen LogP contribution is 2.40. The van der Waals surface area contributed by atoms with Crippen LogP contribution in [0.1, 0.15) is 59.8 Å². The second-order valence-electron chi connectivity index (χ2n) is 7.64. The number of carbonyl (C=O) groups excluding carboxylic acids is 1. The molecule has 20 heavy (non-hydrogen) atoms. The highest BCUT2D eigenvalue weighted by atomic mass is 16.2. The second-order valence-corrected chi connectivity index (χ2v) is 7.64. The first-order valence-corrected chi connectivity index (χ1v) is 8.45. The SMILES string of the molecule is CCC(C)(C)C1CCC(NC(=O)[C@@H]2CNC[C@H]2C)CC1. The molecule has 0 radical (unpaired) electrons. The Labute approximate surface area is 124 Å². The molecule has 1 amide bonds. The van der Waals surface area contributed by atoms with E-state index in [1.165, 1.54) is 19.3 Å². The zero-order valence-electron chi connectivity index (χ0n) is 13.7. The molecule has 2 fully saturated rings. The predicted molar refractivity (Wildman–Crippen MR) is 83.5 cm³/mol. The topological polar surface area (TPSA) is 41.1 Å². The van der Waals surface area contributed by atoms with Gasteiger partial charge in [0.25, 0.3) is 0 Å². The smallest absolute Gasteiger partial charge is 0.224 e. The van der Waals surface area contributed by atoms with Crippen molar-refractivity contribution in [2.45, 2.75) is 65.8 Å². The van der Waals surface area contributed by atoms with E-state index in [0.717, 1.165) is 31.8 Å². The molecule has 0 aromatic rings. The van der Waals surface area contributed by atoms with Gasteiger partial charge in [-0.25, -0.2) is 0 Å². The third-order valence-electron chi connectivity index (χ3n) is 5.94. The van der Waals surface area contributed by atoms with Gasteiger partial charge in [0.15, 0.2) is 0 Å². The molecule has 3 heteroatoms. The lowest BCUT2D eigenvalue weighted by molar-refractivity contribution is -0.126. The van der Waals surface area contributed by atoms with E-state index < -0.39 is 0 Å². The average molecular weight is 280 g/mol. The summed E-state index contributed by atoms with van der Waals surface area (Å²) in [5.74, 6) is 1.76. The molecule has 116 valence electrons. The van der Waals surface area contributed by atoms with Gasteiger partial charge in [0.05, 0.1) is 5.92 Å². The Kier molecular flexibility index (Phi) is 5.11. The molecule has 1 aliphatic carbocycles. The van der Waals surface area contributed by atoms with Crippen LogP contribution in [0.4, 0.5) is 0 Å². The lowest BCUT2D eigenvalue weighted by Crippen LogP contribution is -2.43. The number of nitrogens with one attached hydrogen (secondary N) is 2. The van der Waals surface area contributed by atoms with Crippen molar-refractivity contribution in [3.63, 3.8) is 0 Å². The van der Waals surface area contributed by atoms with E-state index in [1.807, 2.05) is 0 Å². The van der Waals surface area contributed by atoms with Gasteiger partial charge in [0.1, 0.15) is 0 Å². The molecular weight excluding hydrogens is 248 g/mol. The third kappa shape index (κ3) is 3.55. The number of hydrogen-bond donors (Lipinski definition) is 2. The van der Waals surface area contributed by atoms with Crippen LogP contribution in [0, 0.1) is 23.2 Å². The summed E-state index contributed by atoms with van der Waals surface area (Å²) in [5.41, 5.74) is 0.457. The minimum absolute atomic E-state index is 0.180. The first kappa shape index (κ1) is 15.8. The fourth-order valence-corrected chi connectivity index (χ4v) is 3.78. The van der Waals surface area contributed by atoms with Crippen LogP contribution in [-0.2, 0) is 4.79 Å². The van der Waals surface area contributed by atoms with E-state index in [2.05, 4.69) is 38.3 Å². The number of carbonyl (C=O) groups is 1. The van der Waals surface area contributed by atoms with Crippen LogP contribution in [0.15, 0.2) is 0 Å². The molecule has 0 bridgehead atoms. The van der Waals surface area contributed by atoms with Crippen molar-refractivity contribution in [1.82, 2.24) is 10.6 Å². The summed E-state index contributed by atoms with van der Waals surface area (Å²) >= 11 is 0. The fraction of sp³-hybridized carbons (Fsp3) is 0.941. The summed E-state index contributed by atoms with van der Waals surface area (Å²) in [6.07, 6.45) is 6.11. The van der Waals surface area contributed by atoms with Crippen LogP contribution >= 0.6 is 0 Å². The summed E-state index contributed by atoms with van der Waals surface area (Å²) in [6, 6.07) is 0.416. The van der Waals surface area contributed by atoms with E-state index in [1.54, 1.807) is 0 Å². The average Bonchev–Trinajstić information content (AvgIpc) is 2.85. The van der Waals surface area contributed by atoms with Gasteiger partial charge in [-0.2, -0.15) is 0 Å². The van der Waals surface area contributed by atoms with Crippen molar-refractivity contribution < 1.29 is 4.79 Å². The summed E-state index contributed by atoms with van der Waals surface area (Å²) in [5, 5.41) is 6.62. The normalized spacial score (nSPS) is 35.0. The maximum atomic E-state index is 12.3. The molecule has 0 aromatic carbocycles. The molecule has 1 heterocycles. The molecule has 1 saturated heterocycles. The van der Waals surface area contributed by atoms with Crippen molar-refractivity contribution in [3.8, 4) is 0 Å². The van der Waals surface area contributed by atoms with Gasteiger partial charge in [-0.05, 0) is 49.5 Å². The molecule has 1 saturated carbocycles. The highest BCUT2D eigenvalue weighted by molar-refractivity contribution is 5.79. The maximum absolute atomic E-state index is 12.3. The standard InChI is InChI=1S/C17H32N2O/c1-5-17(3,4)13-6-8-14(9-7-13)19-16(20)15-11-18-10-12(15)2/h12-15,18H,5-11H2,1-4H3,(H,19,20)/t12-,13?,14?,15-/m1/s1. The van der Waals surface area contributed by atoms with Crippen molar-refractivity contribution in [2.24, 2.45) is 23.2 Å². The summed E-state index contributed by atoms with van der Waals surface area (Å²) < 4.78 is 0. The molecular formula is C17H32N2O. The molecule has 2 aliphatic rings. The largest absolute Gasteiger partial charge is 0.353 e. The Balaban J connectivity index is 1.78. The minimum atomic E-state index is 0.180. The molecule has 0 spiro atoms. The van der Waals surface area contributed by atoms with Gasteiger partial charge in [0.2, 0.25) is 5.91 Å². The highest BCUT2D eigenvalue weighted by Gasteiger charge is 2.34. The molecule has 2 N–H and O–H groups in total. The Morgan fingerprint density at radius 1 is 1.20 bits per heavy atom. The summed E-state index contributed by atoms with van der Waals surface area (Å²) in [6.45, 7) is 11.1. The van der Waals surface area contributed by atoms with E-state index in [9.17, 15) is 4.79 Å². The monoisotopic (exact) mass is 280 g/mol. The maximum Gasteiger partial charge on any atom is 0.224 e. The lowest BCUT2D eigenvalue weighted by Gasteiger charge is -2.39.